The third-order valence-electron chi connectivity index (χ3n) is 2.47. The van der Waals surface area contributed by atoms with Crippen LogP contribution in [0.1, 0.15) is 19.4 Å². The van der Waals surface area contributed by atoms with Gasteiger partial charge < -0.3 is 11.1 Å². The van der Waals surface area contributed by atoms with Gasteiger partial charge >= 0.3 is 0 Å². The van der Waals surface area contributed by atoms with Crippen LogP contribution < -0.4 is 11.1 Å². The Morgan fingerprint density at radius 2 is 2.00 bits per heavy atom. The van der Waals surface area contributed by atoms with Crippen molar-refractivity contribution in [2.75, 3.05) is 0 Å². The van der Waals surface area contributed by atoms with Crippen LogP contribution in [-0.4, -0.2) is 11.9 Å². The summed E-state index contributed by atoms with van der Waals surface area (Å²) in [4.78, 5) is 11.5. The molecule has 0 fully saturated rings. The molecular formula is C12H16F2N2O. The minimum absolute atomic E-state index is 0.0277. The molecule has 1 atom stereocenters. The fraction of sp³-hybridized carbons (Fsp3) is 0.417. The lowest BCUT2D eigenvalue weighted by atomic mass is 10.0. The van der Waals surface area contributed by atoms with E-state index in [-0.39, 0.29) is 18.4 Å². The molecule has 0 aliphatic rings. The number of hydrogen-bond donors (Lipinski definition) is 2. The molecule has 0 aliphatic carbocycles. The standard InChI is InChI=1S/C12H16F2N2O/c1-7(2)11(15)12(17)16-6-8-3-4-9(13)10(14)5-8/h3-5,7,11H,6,15H2,1-2H3,(H,16,17)/t11-/m1/s1. The summed E-state index contributed by atoms with van der Waals surface area (Å²) < 4.78 is 25.5. The van der Waals surface area contributed by atoms with Gasteiger partial charge in [-0.2, -0.15) is 0 Å². The van der Waals surface area contributed by atoms with Crippen molar-refractivity contribution in [1.29, 1.82) is 0 Å². The Kier molecular flexibility index (Phi) is 4.57. The van der Waals surface area contributed by atoms with Crippen molar-refractivity contribution in [1.82, 2.24) is 5.32 Å². The molecule has 3 nitrogen and oxygen atoms in total. The molecule has 1 amide bonds. The summed E-state index contributed by atoms with van der Waals surface area (Å²) in [5, 5.41) is 2.57. The average Bonchev–Trinajstić information content (AvgIpc) is 2.29. The van der Waals surface area contributed by atoms with Crippen molar-refractivity contribution in [3.05, 3.63) is 35.4 Å². The van der Waals surface area contributed by atoms with Crippen LogP contribution in [0, 0.1) is 17.6 Å². The third-order valence-corrected chi connectivity index (χ3v) is 2.47. The van der Waals surface area contributed by atoms with E-state index in [0.29, 0.717) is 5.56 Å². The summed E-state index contributed by atoms with van der Waals surface area (Å²) in [6.07, 6.45) is 0. The average molecular weight is 242 g/mol. The van der Waals surface area contributed by atoms with E-state index in [2.05, 4.69) is 5.32 Å². The lowest BCUT2D eigenvalue weighted by molar-refractivity contribution is -0.123. The second kappa shape index (κ2) is 5.72. The van der Waals surface area contributed by atoms with E-state index in [1.54, 1.807) is 0 Å². The molecule has 94 valence electrons. The Bertz CT molecular complexity index is 407. The van der Waals surface area contributed by atoms with Crippen LogP contribution in [0.2, 0.25) is 0 Å². The number of halogens is 2. The summed E-state index contributed by atoms with van der Waals surface area (Å²) in [5.41, 5.74) is 6.13. The predicted molar refractivity (Wildman–Crippen MR) is 61.0 cm³/mol. The van der Waals surface area contributed by atoms with E-state index in [0.717, 1.165) is 12.1 Å². The highest BCUT2D eigenvalue weighted by atomic mass is 19.2. The van der Waals surface area contributed by atoms with E-state index in [1.165, 1.54) is 6.07 Å². The van der Waals surface area contributed by atoms with Gasteiger partial charge in [-0.05, 0) is 23.6 Å². The minimum atomic E-state index is -0.926. The molecule has 0 saturated carbocycles. The quantitative estimate of drug-likeness (QED) is 0.842. The maximum absolute atomic E-state index is 12.9. The molecule has 0 aliphatic heterocycles. The summed E-state index contributed by atoms with van der Waals surface area (Å²) in [6.45, 7) is 3.81. The molecule has 1 aromatic rings. The number of rotatable bonds is 4. The van der Waals surface area contributed by atoms with Gasteiger partial charge in [-0.1, -0.05) is 19.9 Å². The topological polar surface area (TPSA) is 55.1 Å². The minimum Gasteiger partial charge on any atom is -0.351 e. The number of benzene rings is 1. The lowest BCUT2D eigenvalue weighted by Crippen LogP contribution is -2.43. The van der Waals surface area contributed by atoms with Crippen molar-refractivity contribution in [2.45, 2.75) is 26.4 Å². The molecule has 0 radical (unpaired) electrons. The summed E-state index contributed by atoms with van der Waals surface area (Å²) >= 11 is 0. The van der Waals surface area contributed by atoms with Gasteiger partial charge in [0.1, 0.15) is 0 Å². The second-order valence-corrected chi connectivity index (χ2v) is 4.24. The van der Waals surface area contributed by atoms with E-state index in [9.17, 15) is 13.6 Å². The molecule has 0 bridgehead atoms. The molecule has 3 N–H and O–H groups in total. The summed E-state index contributed by atoms with van der Waals surface area (Å²) in [5.74, 6) is -2.10. The first kappa shape index (κ1) is 13.6. The number of hydrogen-bond acceptors (Lipinski definition) is 2. The predicted octanol–water partition coefficient (Wildman–Crippen LogP) is 1.56. The first-order valence-corrected chi connectivity index (χ1v) is 5.39. The fourth-order valence-electron chi connectivity index (χ4n) is 1.26. The van der Waals surface area contributed by atoms with Gasteiger partial charge in [0.05, 0.1) is 6.04 Å². The Morgan fingerprint density at radius 1 is 1.35 bits per heavy atom. The van der Waals surface area contributed by atoms with Gasteiger partial charge in [-0.15, -0.1) is 0 Å². The van der Waals surface area contributed by atoms with Crippen molar-refractivity contribution in [2.24, 2.45) is 11.7 Å². The molecule has 1 aromatic carbocycles. The van der Waals surface area contributed by atoms with E-state index in [4.69, 9.17) is 5.73 Å². The molecule has 0 aromatic heterocycles. The maximum atomic E-state index is 12.9. The van der Waals surface area contributed by atoms with Crippen molar-refractivity contribution in [3.8, 4) is 0 Å². The number of amides is 1. The maximum Gasteiger partial charge on any atom is 0.237 e. The highest BCUT2D eigenvalue weighted by Crippen LogP contribution is 2.08. The van der Waals surface area contributed by atoms with Crippen LogP contribution in [0.25, 0.3) is 0 Å². The van der Waals surface area contributed by atoms with Crippen LogP contribution in [0.5, 0.6) is 0 Å². The molecule has 0 spiro atoms. The number of carbonyl (C=O) groups is 1. The Hall–Kier alpha value is -1.49. The summed E-state index contributed by atoms with van der Waals surface area (Å²) in [7, 11) is 0. The molecule has 1 rings (SSSR count). The number of carbonyl (C=O) groups excluding carboxylic acids is 1. The Labute approximate surface area is 99.0 Å². The van der Waals surface area contributed by atoms with Crippen LogP contribution in [0.4, 0.5) is 8.78 Å². The molecule has 17 heavy (non-hydrogen) atoms. The lowest BCUT2D eigenvalue weighted by Gasteiger charge is -2.15. The molecule has 0 saturated heterocycles. The largest absolute Gasteiger partial charge is 0.351 e. The molecular weight excluding hydrogens is 226 g/mol. The van der Waals surface area contributed by atoms with E-state index < -0.39 is 17.7 Å². The van der Waals surface area contributed by atoms with E-state index >= 15 is 0 Å². The highest BCUT2D eigenvalue weighted by molar-refractivity contribution is 5.81. The highest BCUT2D eigenvalue weighted by Gasteiger charge is 2.16. The van der Waals surface area contributed by atoms with Gasteiger partial charge in [0.25, 0.3) is 0 Å². The monoisotopic (exact) mass is 242 g/mol. The van der Waals surface area contributed by atoms with Gasteiger partial charge in [0, 0.05) is 6.54 Å². The fourth-order valence-corrected chi connectivity index (χ4v) is 1.26. The van der Waals surface area contributed by atoms with Crippen molar-refractivity contribution in [3.63, 3.8) is 0 Å². The zero-order valence-corrected chi connectivity index (χ0v) is 9.84. The van der Waals surface area contributed by atoms with Gasteiger partial charge in [0.2, 0.25) is 5.91 Å². The Morgan fingerprint density at radius 3 is 2.53 bits per heavy atom. The molecule has 0 heterocycles. The SMILES string of the molecule is CC(C)[C@@H](N)C(=O)NCc1ccc(F)c(F)c1. The van der Waals surface area contributed by atoms with Crippen LogP contribution in [0.15, 0.2) is 18.2 Å². The van der Waals surface area contributed by atoms with Gasteiger partial charge in [-0.3, -0.25) is 4.79 Å². The molecule has 5 heteroatoms. The smallest absolute Gasteiger partial charge is 0.237 e. The zero-order chi connectivity index (χ0) is 13.0. The zero-order valence-electron chi connectivity index (χ0n) is 9.84. The van der Waals surface area contributed by atoms with Crippen LogP contribution in [-0.2, 0) is 11.3 Å². The van der Waals surface area contributed by atoms with Crippen molar-refractivity contribution >= 4 is 5.91 Å². The van der Waals surface area contributed by atoms with E-state index in [1.807, 2.05) is 13.8 Å². The second-order valence-electron chi connectivity index (χ2n) is 4.24. The normalized spacial score (nSPS) is 12.6. The molecule has 0 unspecified atom stereocenters. The van der Waals surface area contributed by atoms with Crippen LogP contribution in [0.3, 0.4) is 0 Å². The first-order valence-electron chi connectivity index (χ1n) is 5.39. The van der Waals surface area contributed by atoms with Gasteiger partial charge in [-0.25, -0.2) is 8.78 Å². The Balaban J connectivity index is 2.56. The first-order chi connectivity index (χ1) is 7.91. The summed E-state index contributed by atoms with van der Waals surface area (Å²) in [6, 6.07) is 2.90. The van der Waals surface area contributed by atoms with Gasteiger partial charge in [0.15, 0.2) is 11.6 Å². The number of nitrogens with two attached hydrogens (primary N) is 1. The number of nitrogens with one attached hydrogen (secondary N) is 1. The van der Waals surface area contributed by atoms with Crippen LogP contribution >= 0.6 is 0 Å². The van der Waals surface area contributed by atoms with Crippen molar-refractivity contribution < 1.29 is 13.6 Å². The third kappa shape index (κ3) is 3.78.